The van der Waals surface area contributed by atoms with E-state index in [4.69, 9.17) is 14.6 Å². The molecule has 1 heterocycles. The van der Waals surface area contributed by atoms with Gasteiger partial charge in [-0.2, -0.15) is 0 Å². The SMILES string of the molecule is Cc1cc(C(=O)N(C)C)cc(C)c1-c1ccc(F)c2c1CC[C@H]2Oc1ccc2c(c1)OCC2CC(=O)O. The lowest BCUT2D eigenvalue weighted by molar-refractivity contribution is -0.137. The van der Waals surface area contributed by atoms with Crippen molar-refractivity contribution in [3.63, 3.8) is 0 Å². The lowest BCUT2D eigenvalue weighted by Crippen LogP contribution is -2.22. The number of ether oxygens (including phenoxy) is 2. The van der Waals surface area contributed by atoms with E-state index >= 15 is 4.39 Å². The second kappa shape index (κ2) is 9.54. The summed E-state index contributed by atoms with van der Waals surface area (Å²) in [5, 5.41) is 9.13. The molecule has 2 aliphatic rings. The van der Waals surface area contributed by atoms with Crippen LogP contribution >= 0.6 is 0 Å². The van der Waals surface area contributed by atoms with Crippen LogP contribution in [0.2, 0.25) is 0 Å². The number of amides is 1. The highest BCUT2D eigenvalue weighted by Gasteiger charge is 2.32. The maximum Gasteiger partial charge on any atom is 0.304 e. The number of hydrogen-bond acceptors (Lipinski definition) is 4. The fraction of sp³-hybridized carbons (Fsp3) is 0.333. The van der Waals surface area contributed by atoms with Gasteiger partial charge in [0.05, 0.1) is 13.0 Å². The van der Waals surface area contributed by atoms with E-state index in [2.05, 4.69) is 0 Å². The van der Waals surface area contributed by atoms with Gasteiger partial charge in [-0.25, -0.2) is 4.39 Å². The zero-order valence-electron chi connectivity index (χ0n) is 21.4. The Bertz CT molecular complexity index is 1390. The molecular weight excluding hydrogens is 473 g/mol. The van der Waals surface area contributed by atoms with E-state index in [0.29, 0.717) is 42.1 Å². The number of fused-ring (bicyclic) bond motifs is 2. The maximum absolute atomic E-state index is 15.2. The van der Waals surface area contributed by atoms with E-state index in [1.165, 1.54) is 6.07 Å². The minimum absolute atomic E-state index is 0.0142. The topological polar surface area (TPSA) is 76.1 Å². The molecule has 1 aliphatic carbocycles. The molecule has 192 valence electrons. The minimum Gasteiger partial charge on any atom is -0.492 e. The Labute approximate surface area is 215 Å². The van der Waals surface area contributed by atoms with Gasteiger partial charge in [-0.1, -0.05) is 12.1 Å². The Balaban J connectivity index is 1.45. The van der Waals surface area contributed by atoms with Crippen LogP contribution in [0.3, 0.4) is 0 Å². The maximum atomic E-state index is 15.2. The van der Waals surface area contributed by atoms with Gasteiger partial charge in [0.1, 0.15) is 23.4 Å². The first-order valence-electron chi connectivity index (χ1n) is 12.4. The third-order valence-electron chi connectivity index (χ3n) is 7.30. The lowest BCUT2D eigenvalue weighted by atomic mass is 9.89. The van der Waals surface area contributed by atoms with E-state index < -0.39 is 12.1 Å². The second-order valence-electron chi connectivity index (χ2n) is 10.1. The van der Waals surface area contributed by atoms with Crippen LogP contribution in [0.5, 0.6) is 11.5 Å². The van der Waals surface area contributed by atoms with Crippen molar-refractivity contribution < 1.29 is 28.6 Å². The molecule has 0 aromatic heterocycles. The van der Waals surface area contributed by atoms with Crippen LogP contribution in [0.25, 0.3) is 11.1 Å². The Morgan fingerprint density at radius 2 is 1.84 bits per heavy atom. The third-order valence-corrected chi connectivity index (χ3v) is 7.30. The van der Waals surface area contributed by atoms with Gasteiger partial charge in [0.15, 0.2) is 0 Å². The molecule has 2 atom stereocenters. The molecule has 0 fully saturated rings. The normalized spacial score (nSPS) is 17.6. The summed E-state index contributed by atoms with van der Waals surface area (Å²) in [6, 6.07) is 12.5. The van der Waals surface area contributed by atoms with E-state index in [1.54, 1.807) is 31.1 Å². The van der Waals surface area contributed by atoms with E-state index in [9.17, 15) is 9.59 Å². The average molecular weight is 504 g/mol. The predicted molar refractivity (Wildman–Crippen MR) is 138 cm³/mol. The summed E-state index contributed by atoms with van der Waals surface area (Å²) in [5.74, 6) is -0.205. The molecule has 1 amide bonds. The van der Waals surface area contributed by atoms with E-state index in [0.717, 1.165) is 33.4 Å². The quantitative estimate of drug-likeness (QED) is 0.458. The molecule has 5 rings (SSSR count). The highest BCUT2D eigenvalue weighted by molar-refractivity contribution is 5.95. The summed E-state index contributed by atoms with van der Waals surface area (Å²) in [4.78, 5) is 25.2. The zero-order valence-corrected chi connectivity index (χ0v) is 21.4. The van der Waals surface area contributed by atoms with Crippen molar-refractivity contribution in [3.8, 4) is 22.6 Å². The van der Waals surface area contributed by atoms with Gasteiger partial charge in [0.2, 0.25) is 0 Å². The smallest absolute Gasteiger partial charge is 0.304 e. The standard InChI is InChI=1S/C30H30FNO5/c1-16-11-18(30(35)32(3)4)12-17(2)28(16)22-7-9-24(31)29-23(22)8-10-25(29)37-20-5-6-21-19(13-27(33)34)15-36-26(21)14-20/h5-7,9,11-12,14,19,25H,8,10,13,15H2,1-4H3,(H,33,34)/t19?,25-/m1/s1. The first-order valence-corrected chi connectivity index (χ1v) is 12.4. The number of halogens is 1. The molecule has 1 unspecified atom stereocenters. The average Bonchev–Trinajstić information content (AvgIpc) is 3.44. The number of carboxylic acids is 1. The minimum atomic E-state index is -0.861. The third kappa shape index (κ3) is 4.54. The van der Waals surface area contributed by atoms with Crippen molar-refractivity contribution in [1.29, 1.82) is 0 Å². The van der Waals surface area contributed by atoms with Gasteiger partial charge in [0.25, 0.3) is 5.91 Å². The molecular formula is C30H30FNO5. The molecule has 37 heavy (non-hydrogen) atoms. The van der Waals surface area contributed by atoms with Crippen molar-refractivity contribution in [2.75, 3.05) is 20.7 Å². The number of rotatable bonds is 6. The first kappa shape index (κ1) is 24.8. The summed E-state index contributed by atoms with van der Waals surface area (Å²) in [5.41, 5.74) is 6.91. The number of hydrogen-bond donors (Lipinski definition) is 1. The van der Waals surface area contributed by atoms with Gasteiger partial charge >= 0.3 is 5.97 Å². The molecule has 7 heteroatoms. The molecule has 3 aromatic rings. The van der Waals surface area contributed by atoms with Crippen LogP contribution in [-0.2, 0) is 11.2 Å². The van der Waals surface area contributed by atoms with Crippen LogP contribution in [0.4, 0.5) is 4.39 Å². The van der Waals surface area contributed by atoms with Gasteiger partial charge in [-0.05, 0) is 78.8 Å². The molecule has 1 aliphatic heterocycles. The van der Waals surface area contributed by atoms with Crippen molar-refractivity contribution >= 4 is 11.9 Å². The Kier molecular flexibility index (Phi) is 6.40. The molecule has 1 N–H and O–H groups in total. The summed E-state index contributed by atoms with van der Waals surface area (Å²) in [6.07, 6.45) is 0.879. The number of nitrogens with zero attached hydrogens (tertiary/aromatic N) is 1. The molecule has 6 nitrogen and oxygen atoms in total. The van der Waals surface area contributed by atoms with Crippen LogP contribution in [0, 0.1) is 19.7 Å². The number of carbonyl (C=O) groups is 2. The largest absolute Gasteiger partial charge is 0.492 e. The molecule has 3 aromatic carbocycles. The van der Waals surface area contributed by atoms with Crippen LogP contribution in [0.1, 0.15) is 63.0 Å². The van der Waals surface area contributed by atoms with Gasteiger partial charge < -0.3 is 19.5 Å². The number of carbonyl (C=O) groups excluding carboxylic acids is 1. The van der Waals surface area contributed by atoms with Crippen LogP contribution < -0.4 is 9.47 Å². The van der Waals surface area contributed by atoms with E-state index in [-0.39, 0.29) is 24.1 Å². The summed E-state index contributed by atoms with van der Waals surface area (Å²) in [6.45, 7) is 4.29. The Morgan fingerprint density at radius 1 is 1.11 bits per heavy atom. The molecule has 0 saturated heterocycles. The van der Waals surface area contributed by atoms with Gasteiger partial charge in [-0.3, -0.25) is 9.59 Å². The van der Waals surface area contributed by atoms with Crippen molar-refractivity contribution in [1.82, 2.24) is 4.90 Å². The summed E-state index contributed by atoms with van der Waals surface area (Å²) >= 11 is 0. The number of carboxylic acid groups (broad SMARTS) is 1. The summed E-state index contributed by atoms with van der Waals surface area (Å²) in [7, 11) is 3.46. The molecule has 0 radical (unpaired) electrons. The Hall–Kier alpha value is -3.87. The van der Waals surface area contributed by atoms with Gasteiger partial charge in [-0.15, -0.1) is 0 Å². The summed E-state index contributed by atoms with van der Waals surface area (Å²) < 4.78 is 27.2. The van der Waals surface area contributed by atoms with E-state index in [1.807, 2.05) is 38.1 Å². The second-order valence-corrected chi connectivity index (χ2v) is 10.1. The monoisotopic (exact) mass is 503 g/mol. The van der Waals surface area contributed by atoms with Crippen molar-refractivity contribution in [2.24, 2.45) is 0 Å². The number of aliphatic carboxylic acids is 1. The first-order chi connectivity index (χ1) is 17.6. The lowest BCUT2D eigenvalue weighted by Gasteiger charge is -2.19. The molecule has 0 bridgehead atoms. The van der Waals surface area contributed by atoms with Gasteiger partial charge in [0, 0.05) is 42.8 Å². The van der Waals surface area contributed by atoms with Crippen LogP contribution in [-0.4, -0.2) is 42.6 Å². The highest BCUT2D eigenvalue weighted by atomic mass is 19.1. The Morgan fingerprint density at radius 3 is 2.51 bits per heavy atom. The van der Waals surface area contributed by atoms with Crippen LogP contribution in [0.15, 0.2) is 42.5 Å². The molecule has 0 spiro atoms. The highest BCUT2D eigenvalue weighted by Crippen LogP contribution is 2.45. The number of benzene rings is 3. The fourth-order valence-electron chi connectivity index (χ4n) is 5.67. The fourth-order valence-corrected chi connectivity index (χ4v) is 5.67. The predicted octanol–water partition coefficient (Wildman–Crippen LogP) is 5.83. The van der Waals surface area contributed by atoms with Crippen molar-refractivity contribution in [3.05, 3.63) is 81.7 Å². The number of aryl methyl sites for hydroxylation is 2. The molecule has 0 saturated carbocycles. The zero-order chi connectivity index (χ0) is 26.4. The van der Waals surface area contributed by atoms with Crippen molar-refractivity contribution in [2.45, 2.75) is 45.1 Å².